The van der Waals surface area contributed by atoms with Crippen LogP contribution in [0.1, 0.15) is 36.2 Å². The summed E-state index contributed by atoms with van der Waals surface area (Å²) in [4.78, 5) is 11.4. The Morgan fingerprint density at radius 3 is 3.07 bits per heavy atom. The first-order valence-electron chi connectivity index (χ1n) is 4.64. The molecule has 1 aromatic heterocycles. The van der Waals surface area contributed by atoms with Gasteiger partial charge in [-0.15, -0.1) is 0 Å². The molecule has 0 aromatic carbocycles. The molecule has 0 aliphatic heterocycles. The average molecular weight is 259 g/mol. The van der Waals surface area contributed by atoms with Crippen molar-refractivity contribution in [3.8, 4) is 0 Å². The lowest BCUT2D eigenvalue weighted by atomic mass is 10.4. The van der Waals surface area contributed by atoms with Crippen LogP contribution < -0.4 is 0 Å². The molecule has 0 radical (unpaired) electrons. The van der Waals surface area contributed by atoms with Crippen LogP contribution in [0, 0.1) is 0 Å². The molecule has 5 heteroatoms. The summed E-state index contributed by atoms with van der Waals surface area (Å²) >= 11 is 3.36. The van der Waals surface area contributed by atoms with Crippen LogP contribution in [0.5, 0.6) is 0 Å². The molecule has 4 nitrogen and oxygen atoms in total. The lowest BCUT2D eigenvalue weighted by Crippen LogP contribution is -2.05. The molecule has 1 saturated carbocycles. The van der Waals surface area contributed by atoms with Crippen molar-refractivity contribution in [3.05, 3.63) is 16.4 Å². The van der Waals surface area contributed by atoms with E-state index in [4.69, 9.17) is 4.74 Å². The van der Waals surface area contributed by atoms with E-state index in [1.165, 1.54) is 0 Å². The maximum Gasteiger partial charge on any atom is 0.342 e. The minimum absolute atomic E-state index is 0.314. The fourth-order valence-corrected chi connectivity index (χ4v) is 1.91. The van der Waals surface area contributed by atoms with Crippen molar-refractivity contribution in [1.29, 1.82) is 0 Å². The van der Waals surface area contributed by atoms with Gasteiger partial charge < -0.3 is 4.74 Å². The number of carbonyl (C=O) groups is 1. The van der Waals surface area contributed by atoms with E-state index in [2.05, 4.69) is 21.0 Å². The topological polar surface area (TPSA) is 44.1 Å². The summed E-state index contributed by atoms with van der Waals surface area (Å²) < 4.78 is 7.47. The molecule has 0 spiro atoms. The van der Waals surface area contributed by atoms with Gasteiger partial charge in [-0.05, 0) is 35.7 Å². The van der Waals surface area contributed by atoms with Crippen molar-refractivity contribution < 1.29 is 9.53 Å². The van der Waals surface area contributed by atoms with Gasteiger partial charge in [-0.1, -0.05) is 0 Å². The highest BCUT2D eigenvalue weighted by Crippen LogP contribution is 2.37. The van der Waals surface area contributed by atoms with E-state index in [0.717, 1.165) is 17.4 Å². The van der Waals surface area contributed by atoms with E-state index in [-0.39, 0.29) is 5.97 Å². The number of carbonyl (C=O) groups excluding carboxylic acids is 1. The van der Waals surface area contributed by atoms with Crippen molar-refractivity contribution in [2.24, 2.45) is 0 Å². The Balaban J connectivity index is 2.21. The number of ether oxygens (including phenoxy) is 1. The zero-order chi connectivity index (χ0) is 10.1. The normalized spacial score (nSPS) is 15.6. The van der Waals surface area contributed by atoms with Crippen molar-refractivity contribution >= 4 is 21.9 Å². The molecule has 0 N–H and O–H groups in total. The predicted molar refractivity (Wildman–Crippen MR) is 54.2 cm³/mol. The monoisotopic (exact) mass is 258 g/mol. The van der Waals surface area contributed by atoms with Crippen LogP contribution in [0.3, 0.4) is 0 Å². The van der Waals surface area contributed by atoms with E-state index < -0.39 is 0 Å². The van der Waals surface area contributed by atoms with Crippen LogP contribution in [0.2, 0.25) is 0 Å². The Hall–Kier alpha value is -0.840. The van der Waals surface area contributed by atoms with Crippen LogP contribution in [-0.2, 0) is 4.74 Å². The number of hydrogen-bond acceptors (Lipinski definition) is 3. The van der Waals surface area contributed by atoms with Gasteiger partial charge >= 0.3 is 5.97 Å². The van der Waals surface area contributed by atoms with Crippen molar-refractivity contribution in [2.45, 2.75) is 25.8 Å². The number of esters is 1. The highest BCUT2D eigenvalue weighted by Gasteiger charge is 2.28. The summed E-state index contributed by atoms with van der Waals surface area (Å²) in [6.45, 7) is 2.18. The van der Waals surface area contributed by atoms with E-state index in [1.54, 1.807) is 13.1 Å². The first-order chi connectivity index (χ1) is 6.74. The number of hydrogen-bond donors (Lipinski definition) is 0. The molecule has 0 amide bonds. The third-order valence-corrected chi connectivity index (χ3v) is 2.91. The van der Waals surface area contributed by atoms with E-state index in [0.29, 0.717) is 18.2 Å². The average Bonchev–Trinajstić information content (AvgIpc) is 2.91. The van der Waals surface area contributed by atoms with Gasteiger partial charge in [0.15, 0.2) is 0 Å². The van der Waals surface area contributed by atoms with Crippen LogP contribution in [0.15, 0.2) is 10.8 Å². The minimum Gasteiger partial charge on any atom is -0.462 e. The Kier molecular flexibility index (Phi) is 2.58. The molecular weight excluding hydrogens is 248 g/mol. The lowest BCUT2D eigenvalue weighted by molar-refractivity contribution is 0.0525. The molecule has 0 bridgehead atoms. The SMILES string of the molecule is CCOC(=O)c1cnn(C2CC2)c1Br. The first-order valence-corrected chi connectivity index (χ1v) is 5.43. The molecule has 1 aliphatic rings. The second-order valence-electron chi connectivity index (χ2n) is 3.25. The third-order valence-electron chi connectivity index (χ3n) is 2.12. The minimum atomic E-state index is -0.314. The zero-order valence-electron chi connectivity index (χ0n) is 7.86. The highest BCUT2D eigenvalue weighted by molar-refractivity contribution is 9.10. The number of halogens is 1. The van der Waals surface area contributed by atoms with Crippen molar-refractivity contribution in [1.82, 2.24) is 9.78 Å². The summed E-state index contributed by atoms with van der Waals surface area (Å²) in [6, 6.07) is 0.465. The highest BCUT2D eigenvalue weighted by atomic mass is 79.9. The van der Waals surface area contributed by atoms with Gasteiger partial charge in [-0.2, -0.15) is 5.10 Å². The molecule has 1 aliphatic carbocycles. The van der Waals surface area contributed by atoms with Crippen LogP contribution in [-0.4, -0.2) is 22.4 Å². The second-order valence-corrected chi connectivity index (χ2v) is 4.00. The molecule has 0 atom stereocenters. The van der Waals surface area contributed by atoms with Crippen LogP contribution in [0.25, 0.3) is 0 Å². The summed E-state index contributed by atoms with van der Waals surface area (Å²) in [5.41, 5.74) is 0.513. The molecular formula is C9H11BrN2O2. The Morgan fingerprint density at radius 2 is 2.50 bits per heavy atom. The summed E-state index contributed by atoms with van der Waals surface area (Å²) in [6.07, 6.45) is 3.84. The summed E-state index contributed by atoms with van der Waals surface area (Å²) in [5, 5.41) is 4.15. The van der Waals surface area contributed by atoms with Gasteiger partial charge in [0.1, 0.15) is 10.2 Å². The Bertz CT molecular complexity index is 358. The smallest absolute Gasteiger partial charge is 0.342 e. The summed E-state index contributed by atoms with van der Waals surface area (Å²) in [5.74, 6) is -0.314. The number of rotatable bonds is 3. The maximum atomic E-state index is 11.4. The zero-order valence-corrected chi connectivity index (χ0v) is 9.45. The fraction of sp³-hybridized carbons (Fsp3) is 0.556. The Labute approximate surface area is 90.4 Å². The fourth-order valence-electron chi connectivity index (χ4n) is 1.27. The van der Waals surface area contributed by atoms with Crippen molar-refractivity contribution in [3.63, 3.8) is 0 Å². The first kappa shape index (κ1) is 9.71. The van der Waals surface area contributed by atoms with Gasteiger partial charge in [0.2, 0.25) is 0 Å². The number of aromatic nitrogens is 2. The largest absolute Gasteiger partial charge is 0.462 e. The molecule has 76 valence electrons. The molecule has 0 unspecified atom stereocenters. The van der Waals surface area contributed by atoms with E-state index in [1.807, 2.05) is 4.68 Å². The predicted octanol–water partition coefficient (Wildman–Crippen LogP) is 2.16. The van der Waals surface area contributed by atoms with E-state index >= 15 is 0 Å². The van der Waals surface area contributed by atoms with Gasteiger partial charge in [-0.3, -0.25) is 4.68 Å². The molecule has 0 saturated heterocycles. The van der Waals surface area contributed by atoms with Gasteiger partial charge in [0.25, 0.3) is 0 Å². The van der Waals surface area contributed by atoms with Crippen LogP contribution in [0.4, 0.5) is 0 Å². The van der Waals surface area contributed by atoms with Crippen molar-refractivity contribution in [2.75, 3.05) is 6.61 Å². The molecule has 2 rings (SSSR count). The second kappa shape index (κ2) is 3.73. The molecule has 14 heavy (non-hydrogen) atoms. The third kappa shape index (κ3) is 1.68. The van der Waals surface area contributed by atoms with E-state index in [9.17, 15) is 4.79 Å². The quantitative estimate of drug-likeness (QED) is 0.781. The van der Waals surface area contributed by atoms with Crippen LogP contribution >= 0.6 is 15.9 Å². The summed E-state index contributed by atoms with van der Waals surface area (Å²) in [7, 11) is 0. The lowest BCUT2D eigenvalue weighted by Gasteiger charge is -2.01. The van der Waals surface area contributed by atoms with Gasteiger partial charge in [0, 0.05) is 0 Å². The Morgan fingerprint density at radius 1 is 1.79 bits per heavy atom. The number of nitrogens with zero attached hydrogens (tertiary/aromatic N) is 2. The molecule has 1 fully saturated rings. The standard InChI is InChI=1S/C9H11BrN2O2/c1-2-14-9(13)7-5-11-12(8(7)10)6-3-4-6/h5-6H,2-4H2,1H3. The molecule has 1 aromatic rings. The molecule has 1 heterocycles. The van der Waals surface area contributed by atoms with Gasteiger partial charge in [0.05, 0.1) is 18.8 Å². The van der Waals surface area contributed by atoms with Gasteiger partial charge in [-0.25, -0.2) is 4.79 Å². The maximum absolute atomic E-state index is 11.4.